The molecule has 4 heteroatoms. The van der Waals surface area contributed by atoms with Gasteiger partial charge in [0.25, 0.3) is 0 Å². The van der Waals surface area contributed by atoms with E-state index < -0.39 is 0 Å². The van der Waals surface area contributed by atoms with E-state index in [0.29, 0.717) is 0 Å². The fourth-order valence-electron chi connectivity index (χ4n) is 10.3. The maximum absolute atomic E-state index is 2.31. The van der Waals surface area contributed by atoms with E-state index in [1.807, 2.05) is 101 Å². The summed E-state index contributed by atoms with van der Waals surface area (Å²) < 4.78 is 10.9. The van der Waals surface area contributed by atoms with Crippen LogP contribution in [0.15, 0.2) is 291 Å². The molecule has 0 saturated heterocycles. The third kappa shape index (κ3) is 13.5. The Kier molecular flexibility index (Phi) is 21.6. The van der Waals surface area contributed by atoms with Crippen LogP contribution >= 0.6 is 45.3 Å². The number of thiophene rings is 4. The van der Waals surface area contributed by atoms with Crippen LogP contribution in [0.25, 0.3) is 125 Å². The van der Waals surface area contributed by atoms with Crippen molar-refractivity contribution in [2.45, 2.75) is 55.4 Å². The molecule has 0 aliphatic rings. The lowest BCUT2D eigenvalue weighted by Gasteiger charge is -2.04. The largest absolute Gasteiger partial charge is 0.135 e. The quantitative estimate of drug-likeness (QED) is 0.165. The molecule has 0 unspecified atom stereocenters. The van der Waals surface area contributed by atoms with Crippen molar-refractivity contribution in [1.82, 2.24) is 0 Å². The Morgan fingerprint density at radius 1 is 0.179 bits per heavy atom. The molecular formula is C80H72S4. The van der Waals surface area contributed by atoms with Crippen molar-refractivity contribution in [3.8, 4) is 44.5 Å². The molecule has 0 N–H and O–H groups in total. The van der Waals surface area contributed by atoms with Gasteiger partial charge in [-0.25, -0.2) is 0 Å². The molecule has 4 heterocycles. The number of fused-ring (bicyclic) bond motifs is 12. The van der Waals surface area contributed by atoms with Gasteiger partial charge in [-0.15, -0.1) is 45.3 Å². The molecule has 0 aliphatic heterocycles. The fourth-order valence-corrected chi connectivity index (χ4v) is 14.9. The van der Waals surface area contributed by atoms with Gasteiger partial charge in [0.15, 0.2) is 0 Å². The summed E-state index contributed by atoms with van der Waals surface area (Å²) in [6.45, 7) is 16.0. The number of benzene rings is 12. The summed E-state index contributed by atoms with van der Waals surface area (Å²) in [6.07, 6.45) is 0. The summed E-state index contributed by atoms with van der Waals surface area (Å²) in [5.74, 6) is 0. The van der Waals surface area contributed by atoms with Crippen LogP contribution in [0.2, 0.25) is 0 Å². The maximum Gasteiger partial charge on any atom is 0.0433 e. The van der Waals surface area contributed by atoms with Gasteiger partial charge in [0.05, 0.1) is 0 Å². The molecule has 416 valence electrons. The molecule has 0 amide bonds. The van der Waals surface area contributed by atoms with E-state index in [1.54, 1.807) is 0 Å². The maximum atomic E-state index is 2.31. The van der Waals surface area contributed by atoms with Crippen molar-refractivity contribution in [3.63, 3.8) is 0 Å². The molecular weight excluding hydrogens is 1090 g/mol. The zero-order valence-electron chi connectivity index (χ0n) is 49.3. The topological polar surface area (TPSA) is 0 Å². The minimum Gasteiger partial charge on any atom is -0.135 e. The van der Waals surface area contributed by atoms with Crippen molar-refractivity contribution < 1.29 is 0 Å². The Morgan fingerprint density at radius 3 is 1.07 bits per heavy atom. The lowest BCUT2D eigenvalue weighted by Crippen LogP contribution is -1.78. The standard InChI is InChI=1S/4C18H12S.4C2H6/c1-2-7-13(8-3-1)14-10-6-11-16-15-9-4-5-12-17(15)19-18(14)16;1-2-7-13(8-3-1)14-10-6-12-17-18(14)15-9-4-5-11-16(15)19-17;1-2-6-13(7-3-1)14-10-11-18-16(12-14)15-8-4-5-9-17(15)19-18;1-2-6-13(7-3-1)14-10-11-16-15-8-4-5-9-17(15)19-18(16)12-14;4*1-2/h4*1-12H;4*1-2H3. The molecule has 12 aromatic carbocycles. The van der Waals surface area contributed by atoms with Gasteiger partial charge >= 0.3 is 0 Å². The van der Waals surface area contributed by atoms with Crippen LogP contribution in [0, 0.1) is 0 Å². The van der Waals surface area contributed by atoms with Gasteiger partial charge in [-0.1, -0.05) is 298 Å². The minimum absolute atomic E-state index is 1.28. The van der Waals surface area contributed by atoms with Crippen LogP contribution in [0.5, 0.6) is 0 Å². The van der Waals surface area contributed by atoms with Gasteiger partial charge in [0.1, 0.15) is 0 Å². The van der Waals surface area contributed by atoms with Crippen LogP contribution in [-0.2, 0) is 0 Å². The summed E-state index contributed by atoms with van der Waals surface area (Å²) in [5, 5.41) is 10.9. The van der Waals surface area contributed by atoms with E-state index in [0.717, 1.165) is 0 Å². The highest BCUT2D eigenvalue weighted by molar-refractivity contribution is 7.27. The van der Waals surface area contributed by atoms with E-state index in [2.05, 4.69) is 291 Å². The minimum atomic E-state index is 1.28. The van der Waals surface area contributed by atoms with E-state index in [-0.39, 0.29) is 0 Å². The molecule has 16 rings (SSSR count). The van der Waals surface area contributed by atoms with Crippen LogP contribution < -0.4 is 0 Å². The summed E-state index contributed by atoms with van der Waals surface area (Å²) >= 11 is 7.49. The molecule has 0 bridgehead atoms. The highest BCUT2D eigenvalue weighted by atomic mass is 32.1. The highest BCUT2D eigenvalue weighted by Gasteiger charge is 2.12. The molecule has 4 aromatic heterocycles. The lowest BCUT2D eigenvalue weighted by atomic mass is 10.00. The molecule has 0 nitrogen and oxygen atoms in total. The van der Waals surface area contributed by atoms with Crippen molar-refractivity contribution in [2.75, 3.05) is 0 Å². The Balaban J connectivity index is 0.000000129. The van der Waals surface area contributed by atoms with Crippen LogP contribution in [0.4, 0.5) is 0 Å². The average molecular weight is 1160 g/mol. The zero-order valence-corrected chi connectivity index (χ0v) is 52.6. The number of hydrogen-bond donors (Lipinski definition) is 0. The van der Waals surface area contributed by atoms with Crippen molar-refractivity contribution in [3.05, 3.63) is 291 Å². The average Bonchev–Trinajstić information content (AvgIpc) is 4.53. The SMILES string of the molecule is CC.CC.CC.CC.c1ccc(-c2ccc3c(c2)sc2ccccc23)cc1.c1ccc(-c2ccc3sc4ccccc4c3c2)cc1.c1ccc(-c2cccc3c2sc2ccccc23)cc1.c1ccc(-c2cccc3sc4ccccc4c23)cc1. The molecule has 0 aliphatic carbocycles. The van der Waals surface area contributed by atoms with Gasteiger partial charge < -0.3 is 0 Å². The van der Waals surface area contributed by atoms with Gasteiger partial charge in [-0.2, -0.15) is 0 Å². The lowest BCUT2D eigenvalue weighted by molar-refractivity contribution is 1.50. The van der Waals surface area contributed by atoms with Gasteiger partial charge in [0.2, 0.25) is 0 Å². The third-order valence-electron chi connectivity index (χ3n) is 13.9. The predicted octanol–water partition coefficient (Wildman–Crippen LogP) is 27.0. The fraction of sp³-hybridized carbons (Fsp3) is 0.100. The molecule has 0 saturated carbocycles. The normalized spacial score (nSPS) is 10.4. The third-order valence-corrected chi connectivity index (χ3v) is 18.6. The second kappa shape index (κ2) is 30.2. The Bertz CT molecular complexity index is 4600. The van der Waals surface area contributed by atoms with E-state index in [9.17, 15) is 0 Å². The molecule has 0 atom stereocenters. The van der Waals surface area contributed by atoms with Gasteiger partial charge in [-0.05, 0) is 93.0 Å². The van der Waals surface area contributed by atoms with Gasteiger partial charge in [0, 0.05) is 80.7 Å². The smallest absolute Gasteiger partial charge is 0.0433 e. The second-order valence-electron chi connectivity index (χ2n) is 18.6. The van der Waals surface area contributed by atoms with E-state index in [4.69, 9.17) is 0 Å². The predicted molar refractivity (Wildman–Crippen MR) is 384 cm³/mol. The molecule has 0 fully saturated rings. The summed E-state index contributed by atoms with van der Waals surface area (Å²) in [7, 11) is 0. The summed E-state index contributed by atoms with van der Waals surface area (Å²) in [4.78, 5) is 0. The van der Waals surface area contributed by atoms with E-state index >= 15 is 0 Å². The first kappa shape index (κ1) is 60.1. The van der Waals surface area contributed by atoms with Crippen LogP contribution in [0.1, 0.15) is 55.4 Å². The first-order valence-electron chi connectivity index (χ1n) is 29.5. The Hall–Kier alpha value is -8.48. The van der Waals surface area contributed by atoms with Gasteiger partial charge in [-0.3, -0.25) is 0 Å². The number of rotatable bonds is 4. The summed E-state index contributed by atoms with van der Waals surface area (Å²) in [5.41, 5.74) is 10.4. The van der Waals surface area contributed by atoms with Crippen molar-refractivity contribution in [2.24, 2.45) is 0 Å². The first-order chi connectivity index (χ1) is 41.7. The summed E-state index contributed by atoms with van der Waals surface area (Å²) in [6, 6.07) is 104. The molecule has 0 spiro atoms. The Morgan fingerprint density at radius 2 is 0.512 bits per heavy atom. The van der Waals surface area contributed by atoms with E-state index in [1.165, 1.54) is 125 Å². The highest BCUT2D eigenvalue weighted by Crippen LogP contribution is 2.42. The van der Waals surface area contributed by atoms with Crippen molar-refractivity contribution >= 4 is 126 Å². The molecule has 84 heavy (non-hydrogen) atoms. The molecule has 16 aromatic rings. The molecule has 0 radical (unpaired) electrons. The first-order valence-corrected chi connectivity index (χ1v) is 32.8. The Labute approximate surface area is 513 Å². The second-order valence-corrected chi connectivity index (χ2v) is 22.9. The van der Waals surface area contributed by atoms with Crippen LogP contribution in [-0.4, -0.2) is 0 Å². The zero-order chi connectivity index (χ0) is 58.6. The van der Waals surface area contributed by atoms with Crippen LogP contribution in [0.3, 0.4) is 0 Å². The number of hydrogen-bond acceptors (Lipinski definition) is 4. The monoisotopic (exact) mass is 1160 g/mol. The van der Waals surface area contributed by atoms with Crippen molar-refractivity contribution in [1.29, 1.82) is 0 Å².